The molecule has 0 aliphatic heterocycles. The molecule has 20 heavy (non-hydrogen) atoms. The average molecular weight is 278 g/mol. The molecule has 2 rings (SSSR count). The lowest BCUT2D eigenvalue weighted by atomic mass is 9.45. The molecule has 0 aromatic rings. The van der Waals surface area contributed by atoms with Crippen LogP contribution in [0.5, 0.6) is 0 Å². The van der Waals surface area contributed by atoms with Gasteiger partial charge >= 0.3 is 0 Å². The van der Waals surface area contributed by atoms with Crippen molar-refractivity contribution in [3.63, 3.8) is 0 Å². The molecule has 114 valence electrons. The zero-order valence-electron chi connectivity index (χ0n) is 13.7. The standard InChI is InChI=1S/C18H30O2/c1-13(19)7-8-15-17(4)11-6-10-16(2,3)14(17)9-12-18(15,5)20/h7-8,14-15,20H,6,9-12H2,1-5H3/t14?,15-,17+,18-/m1/s1. The molecule has 4 atom stereocenters. The maximum absolute atomic E-state index is 11.3. The third-order valence-electron chi connectivity index (χ3n) is 6.12. The van der Waals surface area contributed by atoms with E-state index in [0.717, 1.165) is 19.3 Å². The molecule has 2 nitrogen and oxygen atoms in total. The van der Waals surface area contributed by atoms with Gasteiger partial charge in [0.1, 0.15) is 0 Å². The molecular weight excluding hydrogens is 248 g/mol. The molecular formula is C18H30O2. The van der Waals surface area contributed by atoms with Crippen molar-refractivity contribution in [2.45, 2.75) is 72.3 Å². The topological polar surface area (TPSA) is 37.3 Å². The molecule has 0 amide bonds. The van der Waals surface area contributed by atoms with Gasteiger partial charge < -0.3 is 5.11 Å². The number of hydrogen-bond acceptors (Lipinski definition) is 2. The van der Waals surface area contributed by atoms with Crippen LogP contribution in [0.2, 0.25) is 0 Å². The quantitative estimate of drug-likeness (QED) is 0.771. The molecule has 2 aliphatic carbocycles. The van der Waals surface area contributed by atoms with Crippen molar-refractivity contribution in [3.8, 4) is 0 Å². The van der Waals surface area contributed by atoms with Crippen LogP contribution < -0.4 is 0 Å². The Morgan fingerprint density at radius 3 is 2.40 bits per heavy atom. The number of carbonyl (C=O) groups excluding carboxylic acids is 1. The highest BCUT2D eigenvalue weighted by Gasteiger charge is 2.57. The number of hydrogen-bond donors (Lipinski definition) is 1. The van der Waals surface area contributed by atoms with Crippen molar-refractivity contribution in [1.82, 2.24) is 0 Å². The fourth-order valence-corrected chi connectivity index (χ4v) is 5.22. The molecule has 2 fully saturated rings. The van der Waals surface area contributed by atoms with Crippen LogP contribution >= 0.6 is 0 Å². The fourth-order valence-electron chi connectivity index (χ4n) is 5.22. The predicted molar refractivity (Wildman–Crippen MR) is 82.4 cm³/mol. The second-order valence-corrected chi connectivity index (χ2v) is 8.24. The van der Waals surface area contributed by atoms with Crippen LogP contribution in [0.3, 0.4) is 0 Å². The van der Waals surface area contributed by atoms with Gasteiger partial charge in [-0.1, -0.05) is 33.3 Å². The van der Waals surface area contributed by atoms with Gasteiger partial charge in [-0.05, 0) is 62.4 Å². The molecule has 0 spiro atoms. The Morgan fingerprint density at radius 1 is 1.15 bits per heavy atom. The van der Waals surface area contributed by atoms with Gasteiger partial charge in [-0.2, -0.15) is 0 Å². The summed E-state index contributed by atoms with van der Waals surface area (Å²) in [6, 6.07) is 0. The van der Waals surface area contributed by atoms with E-state index < -0.39 is 5.60 Å². The SMILES string of the molecule is CC(=O)C=C[C@@H]1[C@@]2(C)CCCC(C)(C)C2CC[C@@]1(C)O. The first kappa shape index (κ1) is 15.8. The summed E-state index contributed by atoms with van der Waals surface area (Å²) < 4.78 is 0. The monoisotopic (exact) mass is 278 g/mol. The molecule has 1 unspecified atom stereocenters. The Hall–Kier alpha value is -0.630. The van der Waals surface area contributed by atoms with E-state index in [0.29, 0.717) is 11.3 Å². The van der Waals surface area contributed by atoms with Gasteiger partial charge in [-0.15, -0.1) is 0 Å². The second kappa shape index (κ2) is 4.98. The smallest absolute Gasteiger partial charge is 0.152 e. The summed E-state index contributed by atoms with van der Waals surface area (Å²) in [6.45, 7) is 10.6. The molecule has 2 aliphatic rings. The number of allylic oxidation sites excluding steroid dienone is 1. The third kappa shape index (κ3) is 2.59. The Kier molecular flexibility index (Phi) is 3.92. The Morgan fingerprint density at radius 2 is 1.80 bits per heavy atom. The normalized spacial score (nSPS) is 44.3. The molecule has 2 heteroatoms. The van der Waals surface area contributed by atoms with Gasteiger partial charge in [0.15, 0.2) is 5.78 Å². The van der Waals surface area contributed by atoms with Crippen LogP contribution in [0.25, 0.3) is 0 Å². The van der Waals surface area contributed by atoms with Crippen LogP contribution in [0.15, 0.2) is 12.2 Å². The minimum Gasteiger partial charge on any atom is -0.390 e. The van der Waals surface area contributed by atoms with E-state index in [2.05, 4.69) is 20.8 Å². The van der Waals surface area contributed by atoms with E-state index in [1.165, 1.54) is 12.8 Å². The first-order valence-electron chi connectivity index (χ1n) is 8.01. The van der Waals surface area contributed by atoms with E-state index in [1.807, 2.05) is 13.0 Å². The number of aliphatic hydroxyl groups is 1. The zero-order chi connectivity index (χ0) is 15.2. The summed E-state index contributed by atoms with van der Waals surface area (Å²) in [5.41, 5.74) is -0.244. The summed E-state index contributed by atoms with van der Waals surface area (Å²) in [5, 5.41) is 10.9. The van der Waals surface area contributed by atoms with Crippen LogP contribution in [-0.4, -0.2) is 16.5 Å². The highest BCUT2D eigenvalue weighted by molar-refractivity contribution is 5.87. The molecule has 0 bridgehead atoms. The highest BCUT2D eigenvalue weighted by atomic mass is 16.3. The second-order valence-electron chi connectivity index (χ2n) is 8.24. The Labute approximate surface area is 123 Å². The van der Waals surface area contributed by atoms with Gasteiger partial charge in [0.2, 0.25) is 0 Å². The molecule has 0 saturated heterocycles. The van der Waals surface area contributed by atoms with Gasteiger partial charge in [0, 0.05) is 5.92 Å². The van der Waals surface area contributed by atoms with E-state index in [-0.39, 0.29) is 17.1 Å². The minimum absolute atomic E-state index is 0.0709. The molecule has 0 aromatic carbocycles. The van der Waals surface area contributed by atoms with Crippen molar-refractivity contribution in [2.75, 3.05) is 0 Å². The summed E-state index contributed by atoms with van der Waals surface area (Å²) in [5.74, 6) is 0.782. The zero-order valence-corrected chi connectivity index (χ0v) is 13.7. The van der Waals surface area contributed by atoms with E-state index in [9.17, 15) is 9.90 Å². The molecule has 2 saturated carbocycles. The molecule has 1 N–H and O–H groups in total. The maximum Gasteiger partial charge on any atom is 0.152 e. The van der Waals surface area contributed by atoms with Crippen molar-refractivity contribution < 1.29 is 9.90 Å². The maximum atomic E-state index is 11.3. The summed E-state index contributed by atoms with van der Waals surface area (Å²) in [7, 11) is 0. The molecule has 0 radical (unpaired) electrons. The predicted octanol–water partition coefficient (Wildman–Crippen LogP) is 4.13. The summed E-state index contributed by atoms with van der Waals surface area (Å²) in [4.78, 5) is 11.3. The number of carbonyl (C=O) groups is 1. The van der Waals surface area contributed by atoms with E-state index >= 15 is 0 Å². The Bertz CT molecular complexity index is 419. The highest BCUT2D eigenvalue weighted by Crippen LogP contribution is 2.62. The Balaban J connectivity index is 2.40. The summed E-state index contributed by atoms with van der Waals surface area (Å²) in [6.07, 6.45) is 9.25. The number of rotatable bonds is 2. The number of fused-ring (bicyclic) bond motifs is 1. The van der Waals surface area contributed by atoms with Crippen molar-refractivity contribution >= 4 is 5.78 Å². The van der Waals surface area contributed by atoms with E-state index in [4.69, 9.17) is 0 Å². The lowest BCUT2D eigenvalue weighted by molar-refractivity contribution is -0.149. The van der Waals surface area contributed by atoms with Crippen LogP contribution in [0, 0.1) is 22.7 Å². The lowest BCUT2D eigenvalue weighted by Gasteiger charge is -2.60. The first-order chi connectivity index (χ1) is 9.09. The number of ketones is 1. The first-order valence-corrected chi connectivity index (χ1v) is 8.01. The molecule has 0 aromatic heterocycles. The summed E-state index contributed by atoms with van der Waals surface area (Å²) >= 11 is 0. The van der Waals surface area contributed by atoms with Crippen molar-refractivity contribution in [2.24, 2.45) is 22.7 Å². The average Bonchev–Trinajstić information content (AvgIpc) is 2.25. The van der Waals surface area contributed by atoms with Gasteiger partial charge in [-0.25, -0.2) is 0 Å². The fraction of sp³-hybridized carbons (Fsp3) is 0.833. The van der Waals surface area contributed by atoms with Crippen molar-refractivity contribution in [1.29, 1.82) is 0 Å². The van der Waals surface area contributed by atoms with Gasteiger partial charge in [0.25, 0.3) is 0 Å². The van der Waals surface area contributed by atoms with Gasteiger partial charge in [-0.3, -0.25) is 4.79 Å². The van der Waals surface area contributed by atoms with Crippen molar-refractivity contribution in [3.05, 3.63) is 12.2 Å². The van der Waals surface area contributed by atoms with E-state index in [1.54, 1.807) is 13.0 Å². The molecule has 0 heterocycles. The van der Waals surface area contributed by atoms with Crippen LogP contribution in [-0.2, 0) is 4.79 Å². The van der Waals surface area contributed by atoms with Gasteiger partial charge in [0.05, 0.1) is 5.60 Å². The minimum atomic E-state index is -0.690. The van der Waals surface area contributed by atoms with Crippen LogP contribution in [0.4, 0.5) is 0 Å². The lowest BCUT2D eigenvalue weighted by Crippen LogP contribution is -2.56. The largest absolute Gasteiger partial charge is 0.390 e. The van der Waals surface area contributed by atoms with Crippen LogP contribution in [0.1, 0.15) is 66.7 Å². The third-order valence-corrected chi connectivity index (χ3v) is 6.12.